The molecule has 1 rings (SSSR count). The first-order chi connectivity index (χ1) is 9.69. The van der Waals surface area contributed by atoms with Gasteiger partial charge in [-0.2, -0.15) is 0 Å². The highest BCUT2D eigenvalue weighted by Crippen LogP contribution is 2.13. The standard InChI is InChI=1S/C16H23NO3/c1-3-13(9-10-18)12-17-16(19)8-7-14-5-4-6-15(11-14)20-2/h4-8,11,13,18H,3,9-10,12H2,1-2H3,(H,17,19)/b8-7+. The maximum atomic E-state index is 11.7. The highest BCUT2D eigenvalue weighted by atomic mass is 16.5. The minimum absolute atomic E-state index is 0.121. The van der Waals surface area contributed by atoms with Crippen molar-refractivity contribution in [3.8, 4) is 5.75 Å². The Hall–Kier alpha value is -1.81. The number of carbonyl (C=O) groups is 1. The van der Waals surface area contributed by atoms with E-state index in [-0.39, 0.29) is 12.5 Å². The van der Waals surface area contributed by atoms with Gasteiger partial charge in [-0.15, -0.1) is 0 Å². The predicted octanol–water partition coefficient (Wildman–Crippen LogP) is 2.23. The fourth-order valence-electron chi connectivity index (χ4n) is 1.85. The van der Waals surface area contributed by atoms with Crippen LogP contribution in [0, 0.1) is 5.92 Å². The van der Waals surface area contributed by atoms with Crippen LogP contribution in [0.5, 0.6) is 5.75 Å². The predicted molar refractivity (Wildman–Crippen MR) is 80.5 cm³/mol. The van der Waals surface area contributed by atoms with Gasteiger partial charge in [0.2, 0.25) is 5.91 Å². The van der Waals surface area contributed by atoms with Crippen molar-refractivity contribution >= 4 is 12.0 Å². The zero-order chi connectivity index (χ0) is 14.8. The Labute approximate surface area is 120 Å². The van der Waals surface area contributed by atoms with Crippen LogP contribution in [0.25, 0.3) is 6.08 Å². The number of amides is 1. The summed E-state index contributed by atoms with van der Waals surface area (Å²) in [5.74, 6) is 0.972. The van der Waals surface area contributed by atoms with Crippen molar-refractivity contribution in [2.45, 2.75) is 19.8 Å². The molecule has 0 aliphatic carbocycles. The second kappa shape index (κ2) is 9.15. The monoisotopic (exact) mass is 277 g/mol. The summed E-state index contributed by atoms with van der Waals surface area (Å²) in [6.45, 7) is 2.81. The number of benzene rings is 1. The van der Waals surface area contributed by atoms with E-state index in [1.807, 2.05) is 24.3 Å². The quantitative estimate of drug-likeness (QED) is 0.716. The van der Waals surface area contributed by atoms with Crippen LogP contribution in [0.3, 0.4) is 0 Å². The summed E-state index contributed by atoms with van der Waals surface area (Å²) in [5.41, 5.74) is 0.918. The van der Waals surface area contributed by atoms with Gasteiger partial charge < -0.3 is 15.2 Å². The molecule has 110 valence electrons. The van der Waals surface area contributed by atoms with Gasteiger partial charge in [-0.3, -0.25) is 4.79 Å². The molecule has 0 aliphatic heterocycles. The van der Waals surface area contributed by atoms with E-state index in [4.69, 9.17) is 9.84 Å². The van der Waals surface area contributed by atoms with E-state index in [2.05, 4.69) is 12.2 Å². The molecule has 1 amide bonds. The normalized spacial score (nSPS) is 12.3. The van der Waals surface area contributed by atoms with Gasteiger partial charge >= 0.3 is 0 Å². The van der Waals surface area contributed by atoms with Crippen molar-refractivity contribution in [1.82, 2.24) is 5.32 Å². The molecule has 0 radical (unpaired) electrons. The van der Waals surface area contributed by atoms with Crippen LogP contribution in [0.15, 0.2) is 30.3 Å². The lowest BCUT2D eigenvalue weighted by Gasteiger charge is -2.13. The third kappa shape index (κ3) is 5.89. The van der Waals surface area contributed by atoms with Crippen molar-refractivity contribution in [3.05, 3.63) is 35.9 Å². The van der Waals surface area contributed by atoms with E-state index in [0.717, 1.165) is 24.2 Å². The largest absolute Gasteiger partial charge is 0.497 e. The number of aliphatic hydroxyl groups is 1. The Morgan fingerprint density at radius 2 is 2.30 bits per heavy atom. The molecule has 0 bridgehead atoms. The molecule has 4 heteroatoms. The minimum Gasteiger partial charge on any atom is -0.497 e. The number of carbonyl (C=O) groups excluding carboxylic acids is 1. The molecule has 1 aromatic carbocycles. The number of ether oxygens (including phenoxy) is 1. The summed E-state index contributed by atoms with van der Waals surface area (Å²) in [7, 11) is 1.61. The molecule has 0 saturated heterocycles. The average molecular weight is 277 g/mol. The Balaban J connectivity index is 2.46. The number of rotatable bonds is 8. The molecule has 1 atom stereocenters. The van der Waals surface area contributed by atoms with Gasteiger partial charge in [-0.05, 0) is 36.1 Å². The Bertz CT molecular complexity index is 443. The van der Waals surface area contributed by atoms with Crippen LogP contribution < -0.4 is 10.1 Å². The van der Waals surface area contributed by atoms with E-state index in [9.17, 15) is 4.79 Å². The molecular weight excluding hydrogens is 254 g/mol. The van der Waals surface area contributed by atoms with E-state index >= 15 is 0 Å². The lowest BCUT2D eigenvalue weighted by atomic mass is 10.0. The van der Waals surface area contributed by atoms with E-state index in [1.54, 1.807) is 13.2 Å². The first-order valence-corrected chi connectivity index (χ1v) is 6.90. The molecule has 2 N–H and O–H groups in total. The summed E-state index contributed by atoms with van der Waals surface area (Å²) in [6, 6.07) is 7.51. The Morgan fingerprint density at radius 3 is 2.95 bits per heavy atom. The Morgan fingerprint density at radius 1 is 1.50 bits per heavy atom. The molecule has 20 heavy (non-hydrogen) atoms. The Kier molecular flexibility index (Phi) is 7.43. The van der Waals surface area contributed by atoms with Crippen LogP contribution in [0.4, 0.5) is 0 Å². The summed E-state index contributed by atoms with van der Waals surface area (Å²) in [6.07, 6.45) is 4.93. The third-order valence-electron chi connectivity index (χ3n) is 3.20. The van der Waals surface area contributed by atoms with Crippen LogP contribution in [-0.4, -0.2) is 31.3 Å². The van der Waals surface area contributed by atoms with Gasteiger partial charge in [-0.25, -0.2) is 0 Å². The second-order valence-electron chi connectivity index (χ2n) is 4.64. The summed E-state index contributed by atoms with van der Waals surface area (Å²) in [5, 5.41) is 11.7. The number of methoxy groups -OCH3 is 1. The van der Waals surface area contributed by atoms with Gasteiger partial charge in [-0.1, -0.05) is 25.5 Å². The average Bonchev–Trinajstić information content (AvgIpc) is 2.49. The van der Waals surface area contributed by atoms with Crippen molar-refractivity contribution in [2.24, 2.45) is 5.92 Å². The smallest absolute Gasteiger partial charge is 0.244 e. The van der Waals surface area contributed by atoms with Crippen LogP contribution >= 0.6 is 0 Å². The van der Waals surface area contributed by atoms with Crippen molar-refractivity contribution < 1.29 is 14.6 Å². The summed E-state index contributed by atoms with van der Waals surface area (Å²) in [4.78, 5) is 11.7. The second-order valence-corrected chi connectivity index (χ2v) is 4.64. The molecule has 0 spiro atoms. The third-order valence-corrected chi connectivity index (χ3v) is 3.20. The van der Waals surface area contributed by atoms with E-state index < -0.39 is 0 Å². The highest BCUT2D eigenvalue weighted by Gasteiger charge is 2.06. The maximum absolute atomic E-state index is 11.7. The summed E-state index contributed by atoms with van der Waals surface area (Å²) >= 11 is 0. The molecule has 0 heterocycles. The first-order valence-electron chi connectivity index (χ1n) is 6.90. The molecule has 1 aromatic rings. The van der Waals surface area contributed by atoms with Crippen LogP contribution in [0.2, 0.25) is 0 Å². The SMILES string of the molecule is CCC(CCO)CNC(=O)/C=C/c1cccc(OC)c1. The molecular formula is C16H23NO3. The number of nitrogens with one attached hydrogen (secondary N) is 1. The molecule has 1 unspecified atom stereocenters. The van der Waals surface area contributed by atoms with Gasteiger partial charge in [0.1, 0.15) is 5.75 Å². The zero-order valence-corrected chi connectivity index (χ0v) is 12.1. The van der Waals surface area contributed by atoms with E-state index in [0.29, 0.717) is 12.5 Å². The van der Waals surface area contributed by atoms with E-state index in [1.165, 1.54) is 6.08 Å². The maximum Gasteiger partial charge on any atom is 0.244 e. The topological polar surface area (TPSA) is 58.6 Å². The van der Waals surface area contributed by atoms with Crippen molar-refractivity contribution in [2.75, 3.05) is 20.3 Å². The molecule has 0 saturated carbocycles. The van der Waals surface area contributed by atoms with Gasteiger partial charge in [0.25, 0.3) is 0 Å². The number of aliphatic hydroxyl groups excluding tert-OH is 1. The number of hydrogen-bond acceptors (Lipinski definition) is 3. The van der Waals surface area contributed by atoms with Gasteiger partial charge in [0.15, 0.2) is 0 Å². The van der Waals surface area contributed by atoms with Crippen LogP contribution in [0.1, 0.15) is 25.3 Å². The fourth-order valence-corrected chi connectivity index (χ4v) is 1.85. The van der Waals surface area contributed by atoms with Gasteiger partial charge in [0.05, 0.1) is 7.11 Å². The number of hydrogen-bond donors (Lipinski definition) is 2. The lowest BCUT2D eigenvalue weighted by molar-refractivity contribution is -0.116. The minimum atomic E-state index is -0.121. The lowest BCUT2D eigenvalue weighted by Crippen LogP contribution is -2.28. The van der Waals surface area contributed by atoms with Crippen molar-refractivity contribution in [3.63, 3.8) is 0 Å². The fraction of sp³-hybridized carbons (Fsp3) is 0.438. The summed E-state index contributed by atoms with van der Waals surface area (Å²) < 4.78 is 5.12. The molecule has 4 nitrogen and oxygen atoms in total. The van der Waals surface area contributed by atoms with Crippen molar-refractivity contribution in [1.29, 1.82) is 0 Å². The zero-order valence-electron chi connectivity index (χ0n) is 12.1. The van der Waals surface area contributed by atoms with Crippen LogP contribution in [-0.2, 0) is 4.79 Å². The molecule has 0 aromatic heterocycles. The highest BCUT2D eigenvalue weighted by molar-refractivity contribution is 5.91. The molecule has 0 fully saturated rings. The first kappa shape index (κ1) is 16.2. The molecule has 0 aliphatic rings. The van der Waals surface area contributed by atoms with Gasteiger partial charge in [0, 0.05) is 19.2 Å².